The summed E-state index contributed by atoms with van der Waals surface area (Å²) in [6.45, 7) is 9.51. The molecule has 0 aliphatic carbocycles. The van der Waals surface area contributed by atoms with Crippen LogP contribution in [0.3, 0.4) is 0 Å². The molecular weight excluding hydrogens is 897 g/mol. The van der Waals surface area contributed by atoms with Crippen molar-refractivity contribution in [2.75, 3.05) is 0 Å². The number of hydrogen-bond acceptors (Lipinski definition) is 4. The minimum atomic E-state index is 0.433. The molecule has 0 radical (unpaired) electrons. The summed E-state index contributed by atoms with van der Waals surface area (Å²) in [4.78, 5) is 4.66. The average molecular weight is 929 g/mol. The highest BCUT2D eigenvalue weighted by Crippen LogP contribution is 2.55. The summed E-state index contributed by atoms with van der Waals surface area (Å²) in [6.07, 6.45) is 0. The lowest BCUT2D eigenvalue weighted by atomic mass is 9.88. The van der Waals surface area contributed by atoms with Crippen LogP contribution in [-0.2, 0) is 0 Å². The van der Waals surface area contributed by atoms with Gasteiger partial charge in [0.05, 0.1) is 55.0 Å². The first-order valence-electron chi connectivity index (χ1n) is 22.9. The normalized spacial score (nSPS) is 12.0. The van der Waals surface area contributed by atoms with Crippen LogP contribution in [0.5, 0.6) is 0 Å². The summed E-state index contributed by atoms with van der Waals surface area (Å²) in [5.41, 5.74) is 9.71. The third-order valence-electron chi connectivity index (χ3n) is 14.2. The highest BCUT2D eigenvalue weighted by Gasteiger charge is 2.33. The van der Waals surface area contributed by atoms with E-state index in [-0.39, 0.29) is 0 Å². The largest absolute Gasteiger partial charge is 0.316 e. The number of aromatic nitrogens is 2. The summed E-state index contributed by atoms with van der Waals surface area (Å²) in [6, 6.07) is 71.8. The lowest BCUT2D eigenvalue weighted by Gasteiger charge is -2.26. The predicted octanol–water partition coefficient (Wildman–Crippen LogP) is 18.7. The molecule has 10 aromatic carbocycles. The quantitative estimate of drug-likeness (QED) is 0.162. The molecule has 0 aliphatic heterocycles. The van der Waals surface area contributed by atoms with Crippen molar-refractivity contribution in [2.24, 2.45) is 0 Å². The number of thiophene rings is 3. The number of hydrogen-bond donors (Lipinski definition) is 0. The molecule has 318 valence electrons. The van der Waals surface area contributed by atoms with Crippen molar-refractivity contribution in [1.29, 1.82) is 5.26 Å². The molecule has 7 heteroatoms. The molecule has 5 aromatic heterocycles. The maximum atomic E-state index is 12.1. The molecule has 0 unspecified atom stereocenters. The first-order valence-corrected chi connectivity index (χ1v) is 25.3. The van der Waals surface area contributed by atoms with Crippen LogP contribution in [0.4, 0.5) is 5.69 Å². The third-order valence-corrected chi connectivity index (χ3v) is 17.7. The molecule has 15 aromatic rings. The first-order chi connectivity index (χ1) is 34.2. The average Bonchev–Trinajstić information content (AvgIpc) is 4.22. The fraction of sp³-hybridized carbons (Fsp3) is 0. The van der Waals surface area contributed by atoms with Crippen LogP contribution in [0.15, 0.2) is 194 Å². The van der Waals surface area contributed by atoms with E-state index in [1.165, 1.54) is 45.7 Å². The fourth-order valence-corrected chi connectivity index (χ4v) is 15.0. The van der Waals surface area contributed by atoms with Crippen molar-refractivity contribution in [3.05, 3.63) is 211 Å². The molecule has 69 heavy (non-hydrogen) atoms. The van der Waals surface area contributed by atoms with Gasteiger partial charge < -0.3 is 9.13 Å². The van der Waals surface area contributed by atoms with Crippen molar-refractivity contribution in [2.45, 2.75) is 0 Å². The number of rotatable bonds is 4. The van der Waals surface area contributed by atoms with Gasteiger partial charge in [-0.3, -0.25) is 0 Å². The standard InChI is InChI=1S/C62H32N4S3/c1-64-55-52(35-16-4-2-5-17-35)46(34-63)57(65-47-24-12-8-20-37(47)40-32-33-51-54(56(40)65)45-23-11-15-27-50(45)67-51)53(36-18-6-3-7-19-36)60(55)66-58-41(28-30-43-38-21-9-13-25-48(38)68-61(43)58)42-29-31-44-39-22-10-14-26-49(39)69-62(44)59(42)66/h2-33H. The Morgan fingerprint density at radius 3 is 1.46 bits per heavy atom. The smallest absolute Gasteiger partial charge is 0.220 e. The zero-order valence-electron chi connectivity index (χ0n) is 36.5. The van der Waals surface area contributed by atoms with Gasteiger partial charge in [-0.2, -0.15) is 5.26 Å². The van der Waals surface area contributed by atoms with E-state index in [2.05, 4.69) is 190 Å². The van der Waals surface area contributed by atoms with Crippen LogP contribution in [-0.4, -0.2) is 9.13 Å². The van der Waals surface area contributed by atoms with Crippen LogP contribution >= 0.6 is 34.0 Å². The van der Waals surface area contributed by atoms with Crippen molar-refractivity contribution in [1.82, 2.24) is 9.13 Å². The summed E-state index contributed by atoms with van der Waals surface area (Å²) in [7, 11) is 0. The molecule has 4 nitrogen and oxygen atoms in total. The van der Waals surface area contributed by atoms with E-state index in [1.807, 2.05) is 24.3 Å². The summed E-state index contributed by atoms with van der Waals surface area (Å²) in [5.74, 6) is 0. The molecule has 0 atom stereocenters. The zero-order chi connectivity index (χ0) is 45.5. The zero-order valence-corrected chi connectivity index (χ0v) is 38.9. The number of nitriles is 1. The van der Waals surface area contributed by atoms with Crippen LogP contribution in [0.25, 0.3) is 143 Å². The van der Waals surface area contributed by atoms with Gasteiger partial charge in [-0.1, -0.05) is 164 Å². The van der Waals surface area contributed by atoms with Gasteiger partial charge in [0.2, 0.25) is 5.69 Å². The Hall–Kier alpha value is -8.56. The molecule has 0 N–H and O–H groups in total. The van der Waals surface area contributed by atoms with Gasteiger partial charge in [0.15, 0.2) is 0 Å². The Morgan fingerprint density at radius 2 is 0.870 bits per heavy atom. The Kier molecular flexibility index (Phi) is 8.08. The lowest BCUT2D eigenvalue weighted by molar-refractivity contribution is 1.14. The minimum absolute atomic E-state index is 0.433. The second-order valence-corrected chi connectivity index (χ2v) is 20.8. The Balaban J connectivity index is 1.28. The molecule has 15 rings (SSSR count). The topological polar surface area (TPSA) is 38.0 Å². The lowest BCUT2D eigenvalue weighted by Crippen LogP contribution is -2.09. The van der Waals surface area contributed by atoms with Gasteiger partial charge in [-0.05, 0) is 41.5 Å². The Labute approximate surface area is 406 Å². The van der Waals surface area contributed by atoms with E-state index < -0.39 is 0 Å². The van der Waals surface area contributed by atoms with Gasteiger partial charge in [0, 0.05) is 83.8 Å². The van der Waals surface area contributed by atoms with Crippen molar-refractivity contribution < 1.29 is 0 Å². The van der Waals surface area contributed by atoms with Crippen LogP contribution in [0.1, 0.15) is 5.56 Å². The molecule has 5 heterocycles. The summed E-state index contributed by atoms with van der Waals surface area (Å²) in [5, 5.41) is 23.6. The molecule has 0 bridgehead atoms. The Bertz CT molecular complexity index is 4670. The van der Waals surface area contributed by atoms with Gasteiger partial charge in [0.25, 0.3) is 0 Å². The molecular formula is C62H32N4S3. The molecule has 0 fully saturated rings. The monoisotopic (exact) mass is 928 g/mol. The van der Waals surface area contributed by atoms with Gasteiger partial charge in [0.1, 0.15) is 6.07 Å². The summed E-state index contributed by atoms with van der Waals surface area (Å²) < 4.78 is 12.0. The van der Waals surface area contributed by atoms with E-state index in [4.69, 9.17) is 0 Å². The fourth-order valence-electron chi connectivity index (χ4n) is 11.4. The van der Waals surface area contributed by atoms with E-state index in [0.29, 0.717) is 16.8 Å². The number of para-hydroxylation sites is 1. The highest BCUT2D eigenvalue weighted by molar-refractivity contribution is 7.27. The predicted molar refractivity (Wildman–Crippen MR) is 296 cm³/mol. The third kappa shape index (κ3) is 5.19. The van der Waals surface area contributed by atoms with Crippen molar-refractivity contribution in [3.8, 4) is 39.7 Å². The van der Waals surface area contributed by atoms with Crippen LogP contribution in [0, 0.1) is 17.9 Å². The summed E-state index contributed by atoms with van der Waals surface area (Å²) >= 11 is 5.41. The van der Waals surface area contributed by atoms with E-state index in [1.54, 1.807) is 34.0 Å². The van der Waals surface area contributed by atoms with E-state index in [9.17, 15) is 11.8 Å². The molecule has 0 aliphatic rings. The molecule has 0 saturated heterocycles. The molecule has 0 amide bonds. The van der Waals surface area contributed by atoms with E-state index in [0.717, 1.165) is 86.5 Å². The van der Waals surface area contributed by atoms with Gasteiger partial charge >= 0.3 is 0 Å². The molecule has 0 saturated carbocycles. The number of nitrogens with zero attached hydrogens (tertiary/aromatic N) is 4. The first kappa shape index (κ1) is 38.5. The van der Waals surface area contributed by atoms with Crippen molar-refractivity contribution >= 4 is 144 Å². The van der Waals surface area contributed by atoms with E-state index >= 15 is 0 Å². The number of benzene rings is 10. The Morgan fingerprint density at radius 1 is 0.391 bits per heavy atom. The van der Waals surface area contributed by atoms with Crippen molar-refractivity contribution in [3.63, 3.8) is 0 Å². The van der Waals surface area contributed by atoms with Crippen LogP contribution < -0.4 is 0 Å². The van der Waals surface area contributed by atoms with Gasteiger partial charge in [-0.25, -0.2) is 4.85 Å². The number of fused-ring (bicyclic) bond motifs is 18. The second kappa shape index (κ2) is 14.5. The maximum Gasteiger partial charge on any atom is 0.220 e. The minimum Gasteiger partial charge on any atom is -0.316 e. The maximum absolute atomic E-state index is 12.1. The SMILES string of the molecule is [C-]#[N+]c1c(-c2ccccc2)c(C#N)c(-n2c3ccccc3c3ccc4sc5ccccc5c4c32)c(-c2ccccc2)c1-n1c2c(ccc3c4ccccc4sc32)c2ccc3c4ccccc4sc3c21. The van der Waals surface area contributed by atoms with Gasteiger partial charge in [-0.15, -0.1) is 34.0 Å². The molecule has 0 spiro atoms. The second-order valence-electron chi connectivity index (χ2n) is 17.6. The highest BCUT2D eigenvalue weighted by atomic mass is 32.1. The van der Waals surface area contributed by atoms with Crippen LogP contribution in [0.2, 0.25) is 0 Å².